The molecular formula is C29H32N4O. The van der Waals surface area contributed by atoms with Crippen molar-refractivity contribution in [2.45, 2.75) is 45.7 Å². The fourth-order valence-electron chi connectivity index (χ4n) is 4.91. The van der Waals surface area contributed by atoms with Crippen LogP contribution in [-0.2, 0) is 11.2 Å². The highest BCUT2D eigenvalue weighted by atomic mass is 16.1. The Kier molecular flexibility index (Phi) is 6.35. The van der Waals surface area contributed by atoms with E-state index in [1.165, 1.54) is 30.5 Å². The van der Waals surface area contributed by atoms with E-state index in [-0.39, 0.29) is 11.9 Å². The molecule has 0 spiro atoms. The number of hydrazone groups is 1. The predicted octanol–water partition coefficient (Wildman–Crippen LogP) is 6.17. The summed E-state index contributed by atoms with van der Waals surface area (Å²) >= 11 is 0. The summed E-state index contributed by atoms with van der Waals surface area (Å²) in [5.74, 6) is 0.410. The monoisotopic (exact) mass is 452 g/mol. The predicted molar refractivity (Wildman–Crippen MR) is 141 cm³/mol. The minimum atomic E-state index is -0.243. The number of anilines is 3. The Hall–Kier alpha value is -3.60. The van der Waals surface area contributed by atoms with Gasteiger partial charge in [-0.25, -0.2) is 5.01 Å². The molecule has 0 amide bonds. The van der Waals surface area contributed by atoms with Gasteiger partial charge in [-0.05, 0) is 73.2 Å². The number of benzene rings is 3. The fourth-order valence-corrected chi connectivity index (χ4v) is 4.91. The zero-order valence-electron chi connectivity index (χ0n) is 20.0. The van der Waals surface area contributed by atoms with E-state index < -0.39 is 0 Å². The molecule has 2 heterocycles. The minimum Gasteiger partial charge on any atom is -0.372 e. The van der Waals surface area contributed by atoms with Crippen LogP contribution in [0.5, 0.6) is 0 Å². The van der Waals surface area contributed by atoms with E-state index in [9.17, 15) is 4.79 Å². The third-order valence-corrected chi connectivity index (χ3v) is 6.78. The molecule has 3 aromatic carbocycles. The number of ketones is 1. The Labute approximate surface area is 202 Å². The Morgan fingerprint density at radius 1 is 0.824 bits per heavy atom. The molecule has 0 bridgehead atoms. The molecule has 1 saturated heterocycles. The van der Waals surface area contributed by atoms with E-state index in [1.807, 2.05) is 35.3 Å². The molecule has 1 unspecified atom stereocenters. The standard InChI is InChI=1S/C29H32N4O/c1-3-23-12-14-24(15-13-23)29-32(26-18-16-25(17-19-26)31-20-8-5-9-21-31)28(22(2)34)30-33(29)27-10-6-4-7-11-27/h4,6-7,10-19,29H,3,5,8-9,20-21H2,1-2H3. The van der Waals surface area contributed by atoms with Crippen LogP contribution in [0, 0.1) is 0 Å². The number of Topliss-reactive ketones (excluding diaryl/α,β-unsaturated/α-hetero) is 1. The summed E-state index contributed by atoms with van der Waals surface area (Å²) < 4.78 is 0. The maximum absolute atomic E-state index is 12.8. The van der Waals surface area contributed by atoms with Crippen LogP contribution in [0.2, 0.25) is 0 Å². The molecule has 1 atom stereocenters. The average molecular weight is 453 g/mol. The number of rotatable bonds is 6. The molecule has 5 heteroatoms. The second kappa shape index (κ2) is 9.72. The highest BCUT2D eigenvalue weighted by Crippen LogP contribution is 2.39. The first-order chi connectivity index (χ1) is 16.7. The van der Waals surface area contributed by atoms with Crippen molar-refractivity contribution in [3.8, 4) is 0 Å². The van der Waals surface area contributed by atoms with E-state index in [2.05, 4.69) is 65.3 Å². The first-order valence-corrected chi connectivity index (χ1v) is 12.3. The van der Waals surface area contributed by atoms with Gasteiger partial charge in [0.2, 0.25) is 0 Å². The molecule has 34 heavy (non-hydrogen) atoms. The number of nitrogens with zero attached hydrogens (tertiary/aromatic N) is 4. The first-order valence-electron chi connectivity index (χ1n) is 12.3. The van der Waals surface area contributed by atoms with Crippen LogP contribution in [-0.4, -0.2) is 24.7 Å². The number of aryl methyl sites for hydroxylation is 1. The highest BCUT2D eigenvalue weighted by molar-refractivity contribution is 6.44. The molecular weight excluding hydrogens is 420 g/mol. The summed E-state index contributed by atoms with van der Waals surface area (Å²) in [6, 6.07) is 27.4. The summed E-state index contributed by atoms with van der Waals surface area (Å²) in [7, 11) is 0. The van der Waals surface area contributed by atoms with Crippen LogP contribution < -0.4 is 14.8 Å². The van der Waals surface area contributed by atoms with Gasteiger partial charge in [-0.1, -0.05) is 49.4 Å². The van der Waals surface area contributed by atoms with Gasteiger partial charge in [-0.3, -0.25) is 9.69 Å². The SMILES string of the molecule is CCc1ccc(C2N(c3ccccc3)N=C(C(C)=O)N2c2ccc(N3CCCCC3)cc2)cc1. The van der Waals surface area contributed by atoms with Gasteiger partial charge in [0.1, 0.15) is 0 Å². The Morgan fingerprint density at radius 3 is 2.09 bits per heavy atom. The summed E-state index contributed by atoms with van der Waals surface area (Å²) in [5.41, 5.74) is 5.56. The topological polar surface area (TPSA) is 39.2 Å². The van der Waals surface area contributed by atoms with Gasteiger partial charge in [0, 0.05) is 31.4 Å². The van der Waals surface area contributed by atoms with Crippen molar-refractivity contribution in [3.05, 3.63) is 90.0 Å². The number of amidine groups is 1. The van der Waals surface area contributed by atoms with Crippen LogP contribution in [0.1, 0.15) is 50.4 Å². The Morgan fingerprint density at radius 2 is 1.47 bits per heavy atom. The number of carbonyl (C=O) groups is 1. The second-order valence-electron chi connectivity index (χ2n) is 9.06. The molecule has 5 nitrogen and oxygen atoms in total. The van der Waals surface area contributed by atoms with Crippen molar-refractivity contribution in [2.75, 3.05) is 27.9 Å². The van der Waals surface area contributed by atoms with Gasteiger partial charge in [0.15, 0.2) is 17.8 Å². The van der Waals surface area contributed by atoms with Crippen molar-refractivity contribution < 1.29 is 4.79 Å². The van der Waals surface area contributed by atoms with Crippen molar-refractivity contribution in [1.82, 2.24) is 0 Å². The van der Waals surface area contributed by atoms with E-state index in [0.717, 1.165) is 36.4 Å². The summed E-state index contributed by atoms with van der Waals surface area (Å²) in [6.45, 7) is 5.97. The highest BCUT2D eigenvalue weighted by Gasteiger charge is 2.39. The van der Waals surface area contributed by atoms with Gasteiger partial charge in [0.05, 0.1) is 5.69 Å². The number of hydrogen-bond donors (Lipinski definition) is 0. The minimum absolute atomic E-state index is 0.0475. The smallest absolute Gasteiger partial charge is 0.198 e. The lowest BCUT2D eigenvalue weighted by Gasteiger charge is -2.33. The normalized spacial score (nSPS) is 18.2. The lowest BCUT2D eigenvalue weighted by Crippen LogP contribution is -2.37. The molecule has 3 aromatic rings. The van der Waals surface area contributed by atoms with E-state index in [0.29, 0.717) is 5.84 Å². The van der Waals surface area contributed by atoms with Gasteiger partial charge in [0.25, 0.3) is 0 Å². The largest absolute Gasteiger partial charge is 0.372 e. The molecule has 0 aromatic heterocycles. The van der Waals surface area contributed by atoms with E-state index in [1.54, 1.807) is 6.92 Å². The maximum Gasteiger partial charge on any atom is 0.198 e. The molecule has 0 aliphatic carbocycles. The molecule has 0 N–H and O–H groups in total. The molecule has 2 aliphatic heterocycles. The number of hydrogen-bond acceptors (Lipinski definition) is 5. The van der Waals surface area contributed by atoms with Crippen molar-refractivity contribution in [3.63, 3.8) is 0 Å². The van der Waals surface area contributed by atoms with E-state index >= 15 is 0 Å². The third-order valence-electron chi connectivity index (χ3n) is 6.78. The summed E-state index contributed by atoms with van der Waals surface area (Å²) in [6.07, 6.45) is 4.56. The summed E-state index contributed by atoms with van der Waals surface area (Å²) in [5, 5.41) is 6.81. The zero-order valence-corrected chi connectivity index (χ0v) is 20.0. The molecule has 1 fully saturated rings. The van der Waals surface area contributed by atoms with Gasteiger partial charge < -0.3 is 4.90 Å². The molecule has 2 aliphatic rings. The third kappa shape index (κ3) is 4.30. The lowest BCUT2D eigenvalue weighted by molar-refractivity contribution is -0.111. The van der Waals surface area contributed by atoms with Gasteiger partial charge in [-0.2, -0.15) is 0 Å². The second-order valence-corrected chi connectivity index (χ2v) is 9.06. The number of piperidine rings is 1. The van der Waals surface area contributed by atoms with Gasteiger partial charge >= 0.3 is 0 Å². The number of carbonyl (C=O) groups excluding carboxylic acids is 1. The average Bonchev–Trinajstić information content (AvgIpc) is 3.31. The van der Waals surface area contributed by atoms with E-state index in [4.69, 9.17) is 5.10 Å². The zero-order chi connectivity index (χ0) is 23.5. The maximum atomic E-state index is 12.8. The quantitative estimate of drug-likeness (QED) is 0.449. The molecule has 0 saturated carbocycles. The van der Waals surface area contributed by atoms with Gasteiger partial charge in [-0.15, -0.1) is 5.10 Å². The van der Waals surface area contributed by atoms with Crippen molar-refractivity contribution in [1.29, 1.82) is 0 Å². The number of para-hydroxylation sites is 1. The molecule has 174 valence electrons. The Balaban J connectivity index is 1.56. The van der Waals surface area contributed by atoms with Crippen molar-refractivity contribution in [2.24, 2.45) is 5.10 Å². The Bertz CT molecular complexity index is 1150. The van der Waals surface area contributed by atoms with Crippen LogP contribution >= 0.6 is 0 Å². The van der Waals surface area contributed by atoms with Crippen LogP contribution in [0.15, 0.2) is 84.0 Å². The summed E-state index contributed by atoms with van der Waals surface area (Å²) in [4.78, 5) is 17.3. The molecule has 5 rings (SSSR count). The van der Waals surface area contributed by atoms with Crippen molar-refractivity contribution >= 4 is 28.7 Å². The van der Waals surface area contributed by atoms with Crippen LogP contribution in [0.25, 0.3) is 0 Å². The van der Waals surface area contributed by atoms with Crippen LogP contribution in [0.3, 0.4) is 0 Å². The van der Waals surface area contributed by atoms with Crippen LogP contribution in [0.4, 0.5) is 17.1 Å². The fraction of sp³-hybridized carbons (Fsp3) is 0.310. The lowest BCUT2D eigenvalue weighted by atomic mass is 10.1. The molecule has 0 radical (unpaired) electrons. The first kappa shape index (κ1) is 22.2.